The molecule has 1 aromatic heterocycles. The Hall–Kier alpha value is -1.72. The molecule has 2 aliphatic heterocycles. The summed E-state index contributed by atoms with van der Waals surface area (Å²) < 4.78 is 18.8. The van der Waals surface area contributed by atoms with Gasteiger partial charge in [-0.15, -0.1) is 24.0 Å². The minimum absolute atomic E-state index is 0. The Labute approximate surface area is 207 Å². The summed E-state index contributed by atoms with van der Waals surface area (Å²) in [4.78, 5) is 11.6. The van der Waals surface area contributed by atoms with Gasteiger partial charge in [-0.3, -0.25) is 14.8 Å². The van der Waals surface area contributed by atoms with E-state index in [0.717, 1.165) is 82.4 Å². The van der Waals surface area contributed by atoms with Crippen LogP contribution in [0.1, 0.15) is 24.1 Å². The molecular weight excluding hydrogens is 522 g/mol. The molecular formula is C23H34FIN6O. The van der Waals surface area contributed by atoms with Crippen molar-refractivity contribution in [2.45, 2.75) is 25.9 Å². The van der Waals surface area contributed by atoms with Gasteiger partial charge in [0.2, 0.25) is 0 Å². The number of piperazine rings is 1. The predicted molar refractivity (Wildman–Crippen MR) is 135 cm³/mol. The molecule has 0 bridgehead atoms. The molecule has 2 aromatic rings. The van der Waals surface area contributed by atoms with E-state index in [1.54, 1.807) is 18.4 Å². The number of likely N-dealkylation sites (tertiary alicyclic amines) is 1. The van der Waals surface area contributed by atoms with Gasteiger partial charge in [-0.2, -0.15) is 0 Å². The van der Waals surface area contributed by atoms with Crippen LogP contribution in [-0.2, 0) is 13.1 Å². The van der Waals surface area contributed by atoms with Crippen LogP contribution in [0.2, 0.25) is 0 Å². The molecule has 9 heteroatoms. The molecule has 2 fully saturated rings. The fourth-order valence-corrected chi connectivity index (χ4v) is 4.45. The van der Waals surface area contributed by atoms with Crippen molar-refractivity contribution >= 4 is 29.9 Å². The second kappa shape index (κ2) is 12.5. The van der Waals surface area contributed by atoms with E-state index >= 15 is 0 Å². The zero-order valence-electron chi connectivity index (χ0n) is 18.8. The van der Waals surface area contributed by atoms with Gasteiger partial charge in [0.1, 0.15) is 12.1 Å². The summed E-state index contributed by atoms with van der Waals surface area (Å²) in [5.41, 5.74) is 1.78. The normalized spacial score (nSPS) is 19.1. The molecule has 4 rings (SSSR count). The second-order valence-electron chi connectivity index (χ2n) is 8.49. The summed E-state index contributed by atoms with van der Waals surface area (Å²) in [5.74, 6) is 1.52. The Balaban J connectivity index is 0.00000289. The standard InChI is InChI=1S/C23H33FN6O.HI/c1-25-23(30-13-11-29(12-14-30)18-21-8-15-31-27-21)26-16-19-6-9-28(10-7-19)17-20-4-2-3-5-22(20)24;/h2-5,8,15,19H,6-7,9-14,16-18H2,1H3,(H,25,26);1H. The molecule has 1 aromatic carbocycles. The maximum Gasteiger partial charge on any atom is 0.193 e. The van der Waals surface area contributed by atoms with Crippen LogP contribution in [0.5, 0.6) is 0 Å². The molecule has 0 radical (unpaired) electrons. The molecule has 3 heterocycles. The van der Waals surface area contributed by atoms with Gasteiger partial charge in [-0.1, -0.05) is 23.4 Å². The molecule has 7 nitrogen and oxygen atoms in total. The third-order valence-electron chi connectivity index (χ3n) is 6.37. The van der Waals surface area contributed by atoms with E-state index in [-0.39, 0.29) is 29.8 Å². The van der Waals surface area contributed by atoms with Crippen molar-refractivity contribution < 1.29 is 8.91 Å². The monoisotopic (exact) mass is 556 g/mol. The number of piperidine rings is 1. The van der Waals surface area contributed by atoms with Gasteiger partial charge in [-0.25, -0.2) is 4.39 Å². The first-order chi connectivity index (χ1) is 15.2. The lowest BCUT2D eigenvalue weighted by Crippen LogP contribution is -2.53. The van der Waals surface area contributed by atoms with E-state index in [1.165, 1.54) is 0 Å². The van der Waals surface area contributed by atoms with Gasteiger partial charge in [-0.05, 0) is 37.9 Å². The summed E-state index contributed by atoms with van der Waals surface area (Å²) in [6, 6.07) is 9.02. The Bertz CT molecular complexity index is 833. The van der Waals surface area contributed by atoms with Crippen molar-refractivity contribution in [3.05, 3.63) is 53.7 Å². The number of benzene rings is 1. The number of hydrogen-bond acceptors (Lipinski definition) is 5. The quantitative estimate of drug-likeness (QED) is 0.336. The van der Waals surface area contributed by atoms with Gasteiger partial charge in [0.05, 0.1) is 5.69 Å². The number of nitrogens with zero attached hydrogens (tertiary/aromatic N) is 5. The van der Waals surface area contributed by atoms with Gasteiger partial charge in [0, 0.05) is 64.5 Å². The molecule has 176 valence electrons. The van der Waals surface area contributed by atoms with E-state index in [0.29, 0.717) is 12.5 Å². The number of aliphatic imine (C=N–C) groups is 1. The molecule has 0 amide bonds. The zero-order chi connectivity index (χ0) is 21.5. The largest absolute Gasteiger partial charge is 0.364 e. The number of aromatic nitrogens is 1. The lowest BCUT2D eigenvalue weighted by Gasteiger charge is -2.37. The van der Waals surface area contributed by atoms with Gasteiger partial charge in [0.15, 0.2) is 5.96 Å². The van der Waals surface area contributed by atoms with Crippen LogP contribution in [-0.4, -0.2) is 78.7 Å². The number of hydrogen-bond donors (Lipinski definition) is 1. The highest BCUT2D eigenvalue weighted by molar-refractivity contribution is 14.0. The molecule has 2 aliphatic rings. The molecule has 32 heavy (non-hydrogen) atoms. The number of nitrogens with one attached hydrogen (secondary N) is 1. The molecule has 0 unspecified atom stereocenters. The zero-order valence-corrected chi connectivity index (χ0v) is 21.1. The van der Waals surface area contributed by atoms with Crippen molar-refractivity contribution in [1.82, 2.24) is 25.2 Å². The summed E-state index contributed by atoms with van der Waals surface area (Å²) in [6.07, 6.45) is 3.88. The van der Waals surface area contributed by atoms with Crippen LogP contribution in [0.15, 0.2) is 46.1 Å². The van der Waals surface area contributed by atoms with Gasteiger partial charge in [0.25, 0.3) is 0 Å². The van der Waals surface area contributed by atoms with Crippen LogP contribution in [0, 0.1) is 11.7 Å². The summed E-state index contributed by atoms with van der Waals surface area (Å²) in [5, 5.41) is 7.60. The average molecular weight is 556 g/mol. The number of guanidine groups is 1. The molecule has 0 aliphatic carbocycles. The fourth-order valence-electron chi connectivity index (χ4n) is 4.45. The summed E-state index contributed by atoms with van der Waals surface area (Å²) >= 11 is 0. The number of halogens is 2. The first kappa shape index (κ1) is 24.9. The Kier molecular flexibility index (Phi) is 9.73. The van der Waals surface area contributed by atoms with Crippen molar-refractivity contribution in [2.24, 2.45) is 10.9 Å². The topological polar surface area (TPSA) is 60.1 Å². The SMILES string of the molecule is CN=C(NCC1CCN(Cc2ccccc2F)CC1)N1CCN(Cc2ccon2)CC1.I. The lowest BCUT2D eigenvalue weighted by atomic mass is 9.96. The van der Waals surface area contributed by atoms with Crippen LogP contribution in [0.25, 0.3) is 0 Å². The average Bonchev–Trinajstić information content (AvgIpc) is 3.31. The molecule has 0 saturated carbocycles. The highest BCUT2D eigenvalue weighted by Crippen LogP contribution is 2.19. The van der Waals surface area contributed by atoms with Crippen molar-refractivity contribution in [3.63, 3.8) is 0 Å². The summed E-state index contributed by atoms with van der Waals surface area (Å²) in [6.45, 7) is 8.40. The van der Waals surface area contributed by atoms with E-state index < -0.39 is 0 Å². The van der Waals surface area contributed by atoms with E-state index in [9.17, 15) is 4.39 Å². The van der Waals surface area contributed by atoms with Gasteiger partial charge < -0.3 is 14.7 Å². The highest BCUT2D eigenvalue weighted by Gasteiger charge is 2.23. The van der Waals surface area contributed by atoms with Gasteiger partial charge >= 0.3 is 0 Å². The fraction of sp³-hybridized carbons (Fsp3) is 0.565. The molecule has 0 spiro atoms. The van der Waals surface area contributed by atoms with Crippen molar-refractivity contribution in [2.75, 3.05) is 52.9 Å². The van der Waals surface area contributed by atoms with Crippen LogP contribution >= 0.6 is 24.0 Å². The summed E-state index contributed by atoms with van der Waals surface area (Å²) in [7, 11) is 1.86. The lowest BCUT2D eigenvalue weighted by molar-refractivity contribution is 0.164. The third kappa shape index (κ3) is 6.89. The second-order valence-corrected chi connectivity index (χ2v) is 8.49. The maximum absolute atomic E-state index is 13.9. The van der Waals surface area contributed by atoms with Crippen molar-refractivity contribution in [3.8, 4) is 0 Å². The van der Waals surface area contributed by atoms with E-state index in [4.69, 9.17) is 4.52 Å². The Morgan fingerprint density at radius 3 is 2.44 bits per heavy atom. The van der Waals surface area contributed by atoms with Crippen LogP contribution in [0.4, 0.5) is 4.39 Å². The maximum atomic E-state index is 13.9. The third-order valence-corrected chi connectivity index (χ3v) is 6.37. The van der Waals surface area contributed by atoms with E-state index in [1.807, 2.05) is 25.2 Å². The molecule has 1 N–H and O–H groups in total. The smallest absolute Gasteiger partial charge is 0.193 e. The highest BCUT2D eigenvalue weighted by atomic mass is 127. The molecule has 2 saturated heterocycles. The molecule has 0 atom stereocenters. The van der Waals surface area contributed by atoms with E-state index in [2.05, 4.69) is 30.2 Å². The minimum Gasteiger partial charge on any atom is -0.364 e. The number of rotatable bonds is 6. The first-order valence-corrected chi connectivity index (χ1v) is 11.2. The first-order valence-electron chi connectivity index (χ1n) is 11.2. The minimum atomic E-state index is -0.101. The van der Waals surface area contributed by atoms with Crippen LogP contribution < -0.4 is 5.32 Å². The van der Waals surface area contributed by atoms with Crippen molar-refractivity contribution in [1.29, 1.82) is 0 Å². The van der Waals surface area contributed by atoms with Crippen LogP contribution in [0.3, 0.4) is 0 Å². The predicted octanol–water partition coefficient (Wildman–Crippen LogP) is 3.04. The Morgan fingerprint density at radius 1 is 1.06 bits per heavy atom. The Morgan fingerprint density at radius 2 is 1.78 bits per heavy atom.